The van der Waals surface area contributed by atoms with Crippen LogP contribution in [0.3, 0.4) is 0 Å². The average Bonchev–Trinajstić information content (AvgIpc) is 2.37. The molecule has 0 unspecified atom stereocenters. The molecule has 0 aromatic heterocycles. The minimum atomic E-state index is -0.400. The highest BCUT2D eigenvalue weighted by atomic mass is 16.1. The maximum atomic E-state index is 12.1. The molecule has 0 N–H and O–H groups in total. The number of ketones is 4. The first-order valence-corrected chi connectivity index (χ1v) is 6.22. The molecule has 4 heteroatoms. The number of Topliss-reactive ketones (excluding diaryl/α,β-unsaturated/α-hetero) is 2. The van der Waals surface area contributed by atoms with Gasteiger partial charge in [0.2, 0.25) is 0 Å². The van der Waals surface area contributed by atoms with Gasteiger partial charge < -0.3 is 0 Å². The zero-order valence-electron chi connectivity index (χ0n) is 11.8. The van der Waals surface area contributed by atoms with Crippen LogP contribution in [0.25, 0.3) is 0 Å². The highest BCUT2D eigenvalue weighted by Crippen LogP contribution is 2.30. The van der Waals surface area contributed by atoms with E-state index in [0.717, 1.165) is 0 Å². The maximum Gasteiger partial charge on any atom is 0.187 e. The summed E-state index contributed by atoms with van der Waals surface area (Å²) in [4.78, 5) is 48.2. The molecule has 0 bridgehead atoms. The number of hydrogen-bond donors (Lipinski definition) is 0. The van der Waals surface area contributed by atoms with E-state index in [1.807, 2.05) is 0 Å². The molecule has 0 aromatic carbocycles. The second-order valence-electron chi connectivity index (χ2n) is 5.04. The van der Waals surface area contributed by atoms with Crippen LogP contribution in [-0.2, 0) is 19.2 Å². The van der Waals surface area contributed by atoms with Gasteiger partial charge in [0, 0.05) is 33.4 Å². The molecule has 102 valence electrons. The van der Waals surface area contributed by atoms with Gasteiger partial charge in [0.25, 0.3) is 0 Å². The topological polar surface area (TPSA) is 68.3 Å². The molecule has 4 nitrogen and oxygen atoms in total. The maximum absolute atomic E-state index is 12.1. The van der Waals surface area contributed by atoms with Gasteiger partial charge >= 0.3 is 0 Å². The number of carbonyl (C=O) groups excluding carboxylic acids is 4. The predicted octanol–water partition coefficient (Wildman–Crippen LogP) is 1.82. The first kappa shape index (κ1) is 14.1. The highest BCUT2D eigenvalue weighted by Gasteiger charge is 2.33. The quantitative estimate of drug-likeness (QED) is 0.681. The lowest BCUT2D eigenvalue weighted by molar-refractivity contribution is -0.117. The second kappa shape index (κ2) is 4.63. The number of hydrogen-bond acceptors (Lipinski definition) is 4. The van der Waals surface area contributed by atoms with E-state index < -0.39 is 11.6 Å². The van der Waals surface area contributed by atoms with Crippen molar-refractivity contribution >= 4 is 23.1 Å². The van der Waals surface area contributed by atoms with Gasteiger partial charge in [0.15, 0.2) is 23.1 Å². The Balaban J connectivity index is 2.68. The first-order chi connectivity index (χ1) is 9.25. The summed E-state index contributed by atoms with van der Waals surface area (Å²) in [5, 5.41) is 0. The average molecular weight is 270 g/mol. The first-order valence-electron chi connectivity index (χ1n) is 6.22. The third kappa shape index (κ3) is 1.93. The summed E-state index contributed by atoms with van der Waals surface area (Å²) < 4.78 is 0. The van der Waals surface area contributed by atoms with Gasteiger partial charge in [-0.2, -0.15) is 0 Å². The molecule has 2 rings (SSSR count). The molecule has 0 spiro atoms. The summed E-state index contributed by atoms with van der Waals surface area (Å²) in [6, 6.07) is 0. The van der Waals surface area contributed by atoms with Crippen molar-refractivity contribution < 1.29 is 19.2 Å². The van der Waals surface area contributed by atoms with Crippen molar-refractivity contribution in [2.24, 2.45) is 0 Å². The number of carbonyl (C=O) groups is 4. The Morgan fingerprint density at radius 1 is 0.600 bits per heavy atom. The van der Waals surface area contributed by atoms with Crippen LogP contribution < -0.4 is 0 Å². The van der Waals surface area contributed by atoms with Crippen molar-refractivity contribution in [3.05, 3.63) is 45.6 Å². The Morgan fingerprint density at radius 2 is 0.900 bits per heavy atom. The zero-order chi connectivity index (χ0) is 15.2. The van der Waals surface area contributed by atoms with Crippen LogP contribution in [-0.4, -0.2) is 23.1 Å². The molecule has 2 aliphatic rings. The fourth-order valence-corrected chi connectivity index (χ4v) is 2.48. The molecule has 0 fully saturated rings. The van der Waals surface area contributed by atoms with Crippen molar-refractivity contribution in [1.29, 1.82) is 0 Å². The zero-order valence-corrected chi connectivity index (χ0v) is 11.8. The largest absolute Gasteiger partial charge is 0.289 e. The van der Waals surface area contributed by atoms with Gasteiger partial charge in [-0.05, 0) is 39.8 Å². The summed E-state index contributed by atoms with van der Waals surface area (Å²) in [5.74, 6) is -1.34. The summed E-state index contributed by atoms with van der Waals surface area (Å²) >= 11 is 0. The normalized spacial score (nSPS) is 20.6. The van der Waals surface area contributed by atoms with Crippen molar-refractivity contribution in [1.82, 2.24) is 0 Å². The van der Waals surface area contributed by atoms with Crippen LogP contribution in [0.2, 0.25) is 0 Å². The number of rotatable bonds is 1. The molecule has 20 heavy (non-hydrogen) atoms. The summed E-state index contributed by atoms with van der Waals surface area (Å²) in [6.45, 7) is 6.13. The Morgan fingerprint density at radius 3 is 1.20 bits per heavy atom. The van der Waals surface area contributed by atoms with Gasteiger partial charge in [0.1, 0.15) is 0 Å². The molecule has 0 aliphatic heterocycles. The van der Waals surface area contributed by atoms with E-state index in [9.17, 15) is 19.2 Å². The summed E-state index contributed by atoms with van der Waals surface area (Å²) in [5.41, 5.74) is 1.24. The minimum Gasteiger partial charge on any atom is -0.289 e. The molecule has 0 heterocycles. The molecular formula is C16H14O4. The lowest BCUT2D eigenvalue weighted by atomic mass is 9.80. The SMILES string of the molecule is CC1=CC(=O)C(C2=C(C)C(=O)C(C)=CC2=O)=C(C)C1=O. The van der Waals surface area contributed by atoms with E-state index >= 15 is 0 Å². The Hall–Kier alpha value is -2.36. The second-order valence-corrected chi connectivity index (χ2v) is 5.04. The lowest BCUT2D eigenvalue weighted by Gasteiger charge is -2.20. The van der Waals surface area contributed by atoms with E-state index in [4.69, 9.17) is 0 Å². The van der Waals surface area contributed by atoms with E-state index in [0.29, 0.717) is 11.1 Å². The molecule has 0 saturated carbocycles. The van der Waals surface area contributed by atoms with Gasteiger partial charge in [-0.25, -0.2) is 0 Å². The third-order valence-electron chi connectivity index (χ3n) is 3.59. The van der Waals surface area contributed by atoms with Crippen LogP contribution in [0.4, 0.5) is 0 Å². The monoisotopic (exact) mass is 270 g/mol. The molecule has 0 atom stereocenters. The van der Waals surface area contributed by atoms with Crippen LogP contribution in [0.5, 0.6) is 0 Å². The van der Waals surface area contributed by atoms with Crippen molar-refractivity contribution in [3.8, 4) is 0 Å². The molecular weight excluding hydrogens is 256 g/mol. The van der Waals surface area contributed by atoms with Crippen LogP contribution >= 0.6 is 0 Å². The number of allylic oxidation sites excluding steroid dienone is 8. The summed E-state index contributed by atoms with van der Waals surface area (Å²) in [6.07, 6.45) is 2.43. The summed E-state index contributed by atoms with van der Waals surface area (Å²) in [7, 11) is 0. The minimum absolute atomic E-state index is 0.0557. The molecule has 0 amide bonds. The van der Waals surface area contributed by atoms with E-state index in [-0.39, 0.29) is 33.9 Å². The standard InChI is InChI=1S/C16H14O4/c1-7-5-11(17)13(9(3)15(7)19)14-10(4)16(20)8(2)6-12(14)18/h5-6H,1-4H3. The van der Waals surface area contributed by atoms with Crippen LogP contribution in [0, 0.1) is 0 Å². The third-order valence-corrected chi connectivity index (χ3v) is 3.59. The molecule has 2 aliphatic carbocycles. The fraction of sp³-hybridized carbons (Fsp3) is 0.250. The predicted molar refractivity (Wildman–Crippen MR) is 72.9 cm³/mol. The highest BCUT2D eigenvalue weighted by molar-refractivity contribution is 6.32. The van der Waals surface area contributed by atoms with Crippen molar-refractivity contribution in [2.75, 3.05) is 0 Å². The van der Waals surface area contributed by atoms with Crippen molar-refractivity contribution in [2.45, 2.75) is 27.7 Å². The van der Waals surface area contributed by atoms with Crippen molar-refractivity contribution in [3.63, 3.8) is 0 Å². The van der Waals surface area contributed by atoms with Crippen LogP contribution in [0.15, 0.2) is 45.6 Å². The molecule has 0 aromatic rings. The van der Waals surface area contributed by atoms with Crippen LogP contribution in [0.1, 0.15) is 27.7 Å². The van der Waals surface area contributed by atoms with E-state index in [1.165, 1.54) is 26.0 Å². The Labute approximate surface area is 116 Å². The lowest BCUT2D eigenvalue weighted by Crippen LogP contribution is -2.25. The molecule has 0 radical (unpaired) electrons. The van der Waals surface area contributed by atoms with Gasteiger partial charge in [0.05, 0.1) is 0 Å². The smallest absolute Gasteiger partial charge is 0.187 e. The van der Waals surface area contributed by atoms with E-state index in [1.54, 1.807) is 13.8 Å². The fourth-order valence-electron chi connectivity index (χ4n) is 2.48. The van der Waals surface area contributed by atoms with Gasteiger partial charge in [-0.15, -0.1) is 0 Å². The Bertz CT molecular complexity index is 647. The van der Waals surface area contributed by atoms with E-state index in [2.05, 4.69) is 0 Å². The van der Waals surface area contributed by atoms with Gasteiger partial charge in [-0.3, -0.25) is 19.2 Å². The van der Waals surface area contributed by atoms with Gasteiger partial charge in [-0.1, -0.05) is 0 Å². The molecule has 0 saturated heterocycles. The Kier molecular flexibility index (Phi) is 3.26.